The molecule has 0 radical (unpaired) electrons. The van der Waals surface area contributed by atoms with Crippen LogP contribution in [0.3, 0.4) is 0 Å². The van der Waals surface area contributed by atoms with Crippen molar-refractivity contribution in [1.29, 1.82) is 0 Å². The Morgan fingerprint density at radius 1 is 1.09 bits per heavy atom. The van der Waals surface area contributed by atoms with Crippen molar-refractivity contribution in [3.8, 4) is 5.75 Å². The van der Waals surface area contributed by atoms with Crippen LogP contribution in [0.1, 0.15) is 46.0 Å². The highest BCUT2D eigenvalue weighted by Gasteiger charge is 2.32. The SMILES string of the molecule is CCCCCCC1COB(c2ccc(OCC)c(Cl)c2Cl)OC1. The molecule has 6 heteroatoms. The summed E-state index contributed by atoms with van der Waals surface area (Å²) in [5.41, 5.74) is 0.768. The summed E-state index contributed by atoms with van der Waals surface area (Å²) < 4.78 is 17.2. The maximum atomic E-state index is 6.35. The van der Waals surface area contributed by atoms with E-state index in [0.29, 0.717) is 41.5 Å². The van der Waals surface area contributed by atoms with E-state index in [2.05, 4.69) is 6.92 Å². The fraction of sp³-hybridized carbons (Fsp3) is 0.647. The average Bonchev–Trinajstić information content (AvgIpc) is 2.57. The first-order valence-corrected chi connectivity index (χ1v) is 9.26. The van der Waals surface area contributed by atoms with Crippen molar-refractivity contribution < 1.29 is 14.0 Å². The number of ether oxygens (including phenoxy) is 1. The van der Waals surface area contributed by atoms with Gasteiger partial charge in [0.1, 0.15) is 10.8 Å². The molecule has 1 aromatic carbocycles. The molecular weight excluding hydrogens is 334 g/mol. The Morgan fingerprint density at radius 2 is 1.83 bits per heavy atom. The standard InChI is InChI=1S/C17H25BCl2O3/c1-3-5-6-7-8-13-11-22-18(23-12-13)14-9-10-15(21-4-2)17(20)16(14)19/h9-10,13H,3-8,11-12H2,1-2H3. The average molecular weight is 359 g/mol. The molecule has 0 spiro atoms. The first-order valence-electron chi connectivity index (χ1n) is 8.51. The summed E-state index contributed by atoms with van der Waals surface area (Å²) in [5.74, 6) is 1.06. The highest BCUT2D eigenvalue weighted by Crippen LogP contribution is 2.31. The van der Waals surface area contributed by atoms with E-state index in [1.54, 1.807) is 0 Å². The molecule has 23 heavy (non-hydrogen) atoms. The lowest BCUT2D eigenvalue weighted by molar-refractivity contribution is 0.0810. The van der Waals surface area contributed by atoms with Crippen molar-refractivity contribution in [2.45, 2.75) is 46.0 Å². The predicted molar refractivity (Wildman–Crippen MR) is 97.2 cm³/mol. The van der Waals surface area contributed by atoms with Gasteiger partial charge in [-0.05, 0) is 19.4 Å². The smallest absolute Gasteiger partial charge is 0.492 e. The van der Waals surface area contributed by atoms with Gasteiger partial charge in [0.25, 0.3) is 0 Å². The van der Waals surface area contributed by atoms with Gasteiger partial charge in [0.2, 0.25) is 0 Å². The Kier molecular flexibility index (Phi) is 8.04. The lowest BCUT2D eigenvalue weighted by Gasteiger charge is -2.28. The van der Waals surface area contributed by atoms with Crippen molar-refractivity contribution in [2.75, 3.05) is 19.8 Å². The molecule has 1 aromatic rings. The molecule has 0 aliphatic carbocycles. The Morgan fingerprint density at radius 3 is 2.48 bits per heavy atom. The van der Waals surface area contributed by atoms with Gasteiger partial charge in [-0.15, -0.1) is 0 Å². The lowest BCUT2D eigenvalue weighted by atomic mass is 9.77. The summed E-state index contributed by atoms with van der Waals surface area (Å²) in [4.78, 5) is 0. The molecule has 2 rings (SSSR count). The molecule has 1 heterocycles. The molecule has 0 amide bonds. The van der Waals surface area contributed by atoms with E-state index >= 15 is 0 Å². The van der Waals surface area contributed by atoms with Crippen LogP contribution in [0.2, 0.25) is 10.0 Å². The van der Waals surface area contributed by atoms with Crippen LogP contribution in [0.5, 0.6) is 5.75 Å². The Labute approximate surface area is 149 Å². The zero-order valence-electron chi connectivity index (χ0n) is 13.9. The highest BCUT2D eigenvalue weighted by molar-refractivity contribution is 6.66. The van der Waals surface area contributed by atoms with Crippen LogP contribution in [-0.4, -0.2) is 26.9 Å². The number of halogens is 2. The molecule has 128 valence electrons. The minimum atomic E-state index is -0.442. The van der Waals surface area contributed by atoms with Gasteiger partial charge in [-0.3, -0.25) is 0 Å². The first-order chi connectivity index (χ1) is 11.2. The van der Waals surface area contributed by atoms with E-state index in [1.807, 2.05) is 19.1 Å². The summed E-state index contributed by atoms with van der Waals surface area (Å²) in [6, 6.07) is 3.68. The molecule has 0 atom stereocenters. The summed E-state index contributed by atoms with van der Waals surface area (Å²) >= 11 is 12.6. The van der Waals surface area contributed by atoms with Crippen LogP contribution in [0.25, 0.3) is 0 Å². The molecule has 0 aromatic heterocycles. The molecule has 0 unspecified atom stereocenters. The fourth-order valence-electron chi connectivity index (χ4n) is 2.74. The van der Waals surface area contributed by atoms with E-state index < -0.39 is 7.12 Å². The number of hydrogen-bond donors (Lipinski definition) is 0. The summed E-state index contributed by atoms with van der Waals surface area (Å²) in [6.07, 6.45) is 6.25. The second-order valence-corrected chi connectivity index (χ2v) is 6.68. The molecule has 1 fully saturated rings. The monoisotopic (exact) mass is 358 g/mol. The zero-order chi connectivity index (χ0) is 16.7. The van der Waals surface area contributed by atoms with E-state index in [9.17, 15) is 0 Å². The van der Waals surface area contributed by atoms with E-state index in [-0.39, 0.29) is 0 Å². The van der Waals surface area contributed by atoms with Crippen molar-refractivity contribution in [3.05, 3.63) is 22.2 Å². The lowest BCUT2D eigenvalue weighted by Crippen LogP contribution is -2.44. The third kappa shape index (κ3) is 5.28. The topological polar surface area (TPSA) is 27.7 Å². The van der Waals surface area contributed by atoms with Gasteiger partial charge in [0.15, 0.2) is 0 Å². The summed E-state index contributed by atoms with van der Waals surface area (Å²) in [7, 11) is -0.442. The van der Waals surface area contributed by atoms with Gasteiger partial charge in [-0.1, -0.05) is 61.9 Å². The zero-order valence-corrected chi connectivity index (χ0v) is 15.5. The van der Waals surface area contributed by atoms with E-state index in [0.717, 1.165) is 11.9 Å². The van der Waals surface area contributed by atoms with Gasteiger partial charge < -0.3 is 14.0 Å². The first kappa shape index (κ1) is 18.9. The van der Waals surface area contributed by atoms with E-state index in [4.69, 9.17) is 37.2 Å². The second kappa shape index (κ2) is 9.78. The van der Waals surface area contributed by atoms with Gasteiger partial charge >= 0.3 is 7.12 Å². The minimum Gasteiger partial charge on any atom is -0.492 e. The molecule has 1 aliphatic rings. The van der Waals surface area contributed by atoms with Crippen molar-refractivity contribution in [3.63, 3.8) is 0 Å². The number of rotatable bonds is 8. The summed E-state index contributed by atoms with van der Waals surface area (Å²) in [5, 5.41) is 0.865. The number of hydrogen-bond acceptors (Lipinski definition) is 3. The van der Waals surface area contributed by atoms with Crippen LogP contribution in [0.4, 0.5) is 0 Å². The van der Waals surface area contributed by atoms with Gasteiger partial charge in [0, 0.05) is 24.6 Å². The van der Waals surface area contributed by atoms with Crippen LogP contribution in [-0.2, 0) is 9.31 Å². The van der Waals surface area contributed by atoms with Crippen LogP contribution in [0, 0.1) is 5.92 Å². The van der Waals surface area contributed by atoms with Crippen LogP contribution < -0.4 is 10.2 Å². The van der Waals surface area contributed by atoms with Crippen LogP contribution >= 0.6 is 23.2 Å². The molecule has 0 bridgehead atoms. The molecule has 1 saturated heterocycles. The van der Waals surface area contributed by atoms with Gasteiger partial charge in [-0.25, -0.2) is 0 Å². The third-order valence-electron chi connectivity index (χ3n) is 4.06. The number of unbranched alkanes of at least 4 members (excludes halogenated alkanes) is 3. The third-order valence-corrected chi connectivity index (χ3v) is 4.94. The molecule has 0 saturated carbocycles. The maximum absolute atomic E-state index is 6.35. The predicted octanol–water partition coefficient (Wildman–Crippen LogP) is 4.72. The molecule has 1 aliphatic heterocycles. The molecule has 3 nitrogen and oxygen atoms in total. The second-order valence-electron chi connectivity index (χ2n) is 5.93. The summed E-state index contributed by atoms with van der Waals surface area (Å²) in [6.45, 7) is 6.09. The Bertz CT molecular complexity index is 491. The quantitative estimate of drug-likeness (QED) is 0.497. The van der Waals surface area contributed by atoms with Crippen molar-refractivity contribution in [1.82, 2.24) is 0 Å². The van der Waals surface area contributed by atoms with Crippen molar-refractivity contribution >= 4 is 35.8 Å². The fourth-order valence-corrected chi connectivity index (χ4v) is 3.22. The normalized spacial score (nSPS) is 15.9. The Hall–Kier alpha value is -0.415. The number of benzene rings is 1. The van der Waals surface area contributed by atoms with E-state index in [1.165, 1.54) is 25.7 Å². The van der Waals surface area contributed by atoms with Crippen molar-refractivity contribution in [2.24, 2.45) is 5.92 Å². The van der Waals surface area contributed by atoms with Gasteiger partial charge in [-0.2, -0.15) is 0 Å². The van der Waals surface area contributed by atoms with Gasteiger partial charge in [0.05, 0.1) is 11.6 Å². The maximum Gasteiger partial charge on any atom is 0.495 e. The molecular formula is C17H25BCl2O3. The highest BCUT2D eigenvalue weighted by atomic mass is 35.5. The Balaban J connectivity index is 1.89. The largest absolute Gasteiger partial charge is 0.495 e. The van der Waals surface area contributed by atoms with Crippen LogP contribution in [0.15, 0.2) is 12.1 Å². The minimum absolute atomic E-state index is 0.417. The molecule has 0 N–H and O–H groups in total.